The van der Waals surface area contributed by atoms with Gasteiger partial charge in [-0.15, -0.1) is 0 Å². The van der Waals surface area contributed by atoms with Gasteiger partial charge >= 0.3 is 17.9 Å². The number of carbonyl (C=O) groups is 3. The molecule has 1 unspecified atom stereocenters. The van der Waals surface area contributed by atoms with Crippen LogP contribution in [0.25, 0.3) is 0 Å². The van der Waals surface area contributed by atoms with Crippen molar-refractivity contribution in [3.63, 3.8) is 0 Å². The summed E-state index contributed by atoms with van der Waals surface area (Å²) in [6, 6.07) is 0. The van der Waals surface area contributed by atoms with E-state index in [1.165, 1.54) is 64.2 Å². The number of carbonyl (C=O) groups excluding carboxylic acids is 3. The molecule has 0 aliphatic rings. The smallest absolute Gasteiger partial charge is 0.306 e. The second-order valence-corrected chi connectivity index (χ2v) is 15.4. The van der Waals surface area contributed by atoms with Crippen LogP contribution in [-0.4, -0.2) is 37.2 Å². The Bertz CT molecular complexity index is 1280. The molecule has 0 rings (SSSR count). The zero-order valence-electron chi connectivity index (χ0n) is 38.4. The van der Waals surface area contributed by atoms with Gasteiger partial charge in [-0.2, -0.15) is 0 Å². The van der Waals surface area contributed by atoms with Gasteiger partial charge < -0.3 is 14.2 Å². The van der Waals surface area contributed by atoms with Crippen LogP contribution >= 0.6 is 0 Å². The predicted molar refractivity (Wildman–Crippen MR) is 256 cm³/mol. The molecule has 6 heteroatoms. The largest absolute Gasteiger partial charge is 0.462 e. The van der Waals surface area contributed by atoms with Crippen molar-refractivity contribution >= 4 is 17.9 Å². The zero-order chi connectivity index (χ0) is 43.7. The number of hydrogen-bond donors (Lipinski definition) is 0. The fraction of sp³-hybridized carbons (Fsp3) is 0.611. The summed E-state index contributed by atoms with van der Waals surface area (Å²) in [7, 11) is 0. The van der Waals surface area contributed by atoms with E-state index < -0.39 is 6.10 Å². The van der Waals surface area contributed by atoms with Gasteiger partial charge in [-0.05, 0) is 83.5 Å². The highest BCUT2D eigenvalue weighted by Crippen LogP contribution is 2.13. The molecular formula is C54H86O6. The topological polar surface area (TPSA) is 78.9 Å². The third-order valence-electron chi connectivity index (χ3n) is 9.63. The quantitative estimate of drug-likeness (QED) is 0.0201. The summed E-state index contributed by atoms with van der Waals surface area (Å²) in [5.41, 5.74) is 0. The summed E-state index contributed by atoms with van der Waals surface area (Å²) in [5, 5.41) is 0. The second kappa shape index (κ2) is 47.7. The maximum atomic E-state index is 12.8. The molecule has 1 atom stereocenters. The van der Waals surface area contributed by atoms with E-state index in [0.29, 0.717) is 19.3 Å². The third-order valence-corrected chi connectivity index (χ3v) is 9.63. The first-order valence-electron chi connectivity index (χ1n) is 24.0. The minimum Gasteiger partial charge on any atom is -0.462 e. The molecule has 0 heterocycles. The maximum Gasteiger partial charge on any atom is 0.306 e. The highest BCUT2D eigenvalue weighted by Gasteiger charge is 2.19. The lowest BCUT2D eigenvalue weighted by Gasteiger charge is -2.18. The minimum atomic E-state index is -0.823. The van der Waals surface area contributed by atoms with Crippen LogP contribution < -0.4 is 0 Å². The Morgan fingerprint density at radius 3 is 1.32 bits per heavy atom. The molecule has 0 aromatic heterocycles. The molecule has 0 aromatic carbocycles. The van der Waals surface area contributed by atoms with Gasteiger partial charge in [0.25, 0.3) is 0 Å². The fourth-order valence-electron chi connectivity index (χ4n) is 6.08. The van der Waals surface area contributed by atoms with Crippen LogP contribution in [-0.2, 0) is 28.6 Å². The maximum absolute atomic E-state index is 12.8. The Hall–Kier alpha value is -3.93. The average Bonchev–Trinajstić information content (AvgIpc) is 3.24. The van der Waals surface area contributed by atoms with Gasteiger partial charge in [-0.25, -0.2) is 0 Å². The van der Waals surface area contributed by atoms with Crippen molar-refractivity contribution in [2.24, 2.45) is 0 Å². The summed E-state index contributed by atoms with van der Waals surface area (Å²) in [6.07, 6.45) is 63.7. The van der Waals surface area contributed by atoms with E-state index in [1.807, 2.05) is 54.7 Å². The second-order valence-electron chi connectivity index (χ2n) is 15.4. The monoisotopic (exact) mass is 831 g/mol. The van der Waals surface area contributed by atoms with Gasteiger partial charge in [0.15, 0.2) is 6.10 Å². The summed E-state index contributed by atoms with van der Waals surface area (Å²) in [5.74, 6) is -1.05. The average molecular weight is 831 g/mol. The van der Waals surface area contributed by atoms with Crippen molar-refractivity contribution in [1.82, 2.24) is 0 Å². The molecule has 0 fully saturated rings. The lowest BCUT2D eigenvalue weighted by Crippen LogP contribution is -2.30. The highest BCUT2D eigenvalue weighted by atomic mass is 16.6. The van der Waals surface area contributed by atoms with E-state index in [0.717, 1.165) is 83.5 Å². The van der Waals surface area contributed by atoms with Crippen molar-refractivity contribution in [2.45, 2.75) is 200 Å². The molecule has 0 aliphatic heterocycles. The molecule has 0 saturated carbocycles. The molecular weight excluding hydrogens is 745 g/mol. The van der Waals surface area contributed by atoms with E-state index in [1.54, 1.807) is 0 Å². The van der Waals surface area contributed by atoms with Crippen LogP contribution in [0.1, 0.15) is 194 Å². The normalized spacial score (nSPS) is 13.1. The van der Waals surface area contributed by atoms with Crippen molar-refractivity contribution in [1.29, 1.82) is 0 Å². The van der Waals surface area contributed by atoms with Crippen LogP contribution in [0.3, 0.4) is 0 Å². The molecule has 0 amide bonds. The Labute approximate surface area is 368 Å². The summed E-state index contributed by atoms with van der Waals surface area (Å²) in [4.78, 5) is 37.8. The van der Waals surface area contributed by atoms with Crippen molar-refractivity contribution in [3.05, 3.63) is 109 Å². The Morgan fingerprint density at radius 1 is 0.367 bits per heavy atom. The highest BCUT2D eigenvalue weighted by molar-refractivity contribution is 5.71. The van der Waals surface area contributed by atoms with Gasteiger partial charge in [-0.1, -0.05) is 201 Å². The first-order valence-corrected chi connectivity index (χ1v) is 24.0. The van der Waals surface area contributed by atoms with Gasteiger partial charge in [0.1, 0.15) is 13.2 Å². The molecule has 338 valence electrons. The summed E-state index contributed by atoms with van der Waals surface area (Å²) >= 11 is 0. The number of ether oxygens (including phenoxy) is 3. The van der Waals surface area contributed by atoms with E-state index >= 15 is 0 Å². The standard InChI is InChI=1S/C54H86O6/c1-4-7-10-13-16-19-22-25-27-30-32-35-38-41-44-47-53(56)59-50-51(49-58-52(55)46-43-40-37-34-31-28-24-21-18-15-12-9-6-3)60-54(57)48-45-42-39-36-33-29-26-23-20-17-14-11-8-5-2/h7-8,10-11,13,16-17,19-20,22,25,27-28,30-32,37,40,51H,4-6,9,12,14-15,18,21,23-24,26,29,33-36,38-39,41-50H2,1-3H3/b10-7-,11-8-,16-13-,20-17-,22-19-,27-25-,31-28-,32-30-,40-37-. The predicted octanol–water partition coefficient (Wildman–Crippen LogP) is 15.6. The Morgan fingerprint density at radius 2 is 0.767 bits per heavy atom. The molecule has 0 saturated heterocycles. The first kappa shape index (κ1) is 56.1. The van der Waals surface area contributed by atoms with Crippen molar-refractivity contribution < 1.29 is 28.6 Å². The SMILES string of the molecule is CC\C=C/C=C\C=C/C=C\C=C/CCCCCC(=O)OCC(COC(=O)CC/C=C\C/C=C\CCCCCCCC)OC(=O)CCCCCCCCC/C=C\C/C=C\CC. The van der Waals surface area contributed by atoms with Gasteiger partial charge in [0.05, 0.1) is 0 Å². The molecule has 6 nitrogen and oxygen atoms in total. The summed E-state index contributed by atoms with van der Waals surface area (Å²) < 4.78 is 16.6. The van der Waals surface area contributed by atoms with Crippen LogP contribution in [0.5, 0.6) is 0 Å². The van der Waals surface area contributed by atoms with Crippen LogP contribution in [0.15, 0.2) is 109 Å². The molecule has 0 aromatic rings. The number of esters is 3. The van der Waals surface area contributed by atoms with Gasteiger partial charge in [0, 0.05) is 19.3 Å². The number of rotatable bonds is 41. The lowest BCUT2D eigenvalue weighted by atomic mass is 10.1. The third kappa shape index (κ3) is 45.2. The fourth-order valence-corrected chi connectivity index (χ4v) is 6.08. The van der Waals surface area contributed by atoms with E-state index in [4.69, 9.17) is 14.2 Å². The van der Waals surface area contributed by atoms with Crippen LogP contribution in [0, 0.1) is 0 Å². The summed E-state index contributed by atoms with van der Waals surface area (Å²) in [6.45, 7) is 6.26. The molecule has 0 spiro atoms. The molecule has 0 radical (unpaired) electrons. The Balaban J connectivity index is 4.56. The minimum absolute atomic E-state index is 0.123. The first-order chi connectivity index (χ1) is 29.5. The van der Waals surface area contributed by atoms with Gasteiger partial charge in [-0.3, -0.25) is 14.4 Å². The van der Waals surface area contributed by atoms with Gasteiger partial charge in [0.2, 0.25) is 0 Å². The lowest BCUT2D eigenvalue weighted by molar-refractivity contribution is -0.166. The number of allylic oxidation sites excluding steroid dienone is 18. The van der Waals surface area contributed by atoms with E-state index in [-0.39, 0.29) is 37.5 Å². The number of unbranched alkanes of at least 4 members (excludes halogenated alkanes) is 16. The Kier molecular flexibility index (Phi) is 44.6. The zero-order valence-corrected chi connectivity index (χ0v) is 38.4. The number of hydrogen-bond acceptors (Lipinski definition) is 6. The van der Waals surface area contributed by atoms with Crippen molar-refractivity contribution in [2.75, 3.05) is 13.2 Å². The van der Waals surface area contributed by atoms with Crippen molar-refractivity contribution in [3.8, 4) is 0 Å². The molecule has 0 bridgehead atoms. The van der Waals surface area contributed by atoms with E-state index in [2.05, 4.69) is 75.5 Å². The van der Waals surface area contributed by atoms with Crippen LogP contribution in [0.4, 0.5) is 0 Å². The van der Waals surface area contributed by atoms with E-state index in [9.17, 15) is 14.4 Å². The van der Waals surface area contributed by atoms with Crippen LogP contribution in [0.2, 0.25) is 0 Å². The molecule has 0 aliphatic carbocycles. The molecule has 60 heavy (non-hydrogen) atoms. The molecule has 0 N–H and O–H groups in total.